The van der Waals surface area contributed by atoms with Gasteiger partial charge in [-0.25, -0.2) is 4.79 Å². The van der Waals surface area contributed by atoms with E-state index in [4.69, 9.17) is 4.74 Å². The van der Waals surface area contributed by atoms with Crippen LogP contribution in [-0.4, -0.2) is 40.5 Å². The van der Waals surface area contributed by atoms with Crippen molar-refractivity contribution in [3.63, 3.8) is 0 Å². The molecule has 1 aromatic heterocycles. The van der Waals surface area contributed by atoms with Crippen LogP contribution in [0.5, 0.6) is 0 Å². The SMILES string of the molecule is CC1CCN(C(=O)COC(=O)c2ccn[nH]2)c2ccccc2S1. The second kappa shape index (κ2) is 6.87. The summed E-state index contributed by atoms with van der Waals surface area (Å²) in [6, 6.07) is 9.32. The Morgan fingerprint density at radius 1 is 1.39 bits per heavy atom. The van der Waals surface area contributed by atoms with Gasteiger partial charge in [-0.15, -0.1) is 11.8 Å². The van der Waals surface area contributed by atoms with Crippen LogP contribution in [0.25, 0.3) is 0 Å². The minimum Gasteiger partial charge on any atom is -0.451 e. The van der Waals surface area contributed by atoms with E-state index >= 15 is 0 Å². The second-order valence-corrected chi connectivity index (χ2v) is 6.76. The highest BCUT2D eigenvalue weighted by molar-refractivity contribution is 8.00. The quantitative estimate of drug-likeness (QED) is 0.875. The number of hydrogen-bond acceptors (Lipinski definition) is 5. The number of H-pyrrole nitrogens is 1. The van der Waals surface area contributed by atoms with Crippen molar-refractivity contribution in [1.82, 2.24) is 10.2 Å². The van der Waals surface area contributed by atoms with Crippen LogP contribution in [0.4, 0.5) is 5.69 Å². The smallest absolute Gasteiger partial charge is 0.356 e. The molecule has 1 aliphatic heterocycles. The van der Waals surface area contributed by atoms with Crippen molar-refractivity contribution in [2.75, 3.05) is 18.1 Å². The number of nitrogens with one attached hydrogen (secondary N) is 1. The lowest BCUT2D eigenvalue weighted by molar-refractivity contribution is -0.121. The van der Waals surface area contributed by atoms with Crippen LogP contribution < -0.4 is 4.90 Å². The third kappa shape index (κ3) is 3.56. The molecule has 0 saturated heterocycles. The molecule has 0 aliphatic carbocycles. The number of aromatic nitrogens is 2. The van der Waals surface area contributed by atoms with Crippen molar-refractivity contribution in [2.45, 2.75) is 23.5 Å². The number of anilines is 1. The Morgan fingerprint density at radius 2 is 2.22 bits per heavy atom. The molecular weight excluding hydrogens is 314 g/mol. The van der Waals surface area contributed by atoms with Gasteiger partial charge in [-0.3, -0.25) is 9.89 Å². The summed E-state index contributed by atoms with van der Waals surface area (Å²) in [5.41, 5.74) is 1.11. The number of hydrogen-bond donors (Lipinski definition) is 1. The molecule has 0 spiro atoms. The summed E-state index contributed by atoms with van der Waals surface area (Å²) < 4.78 is 5.08. The number of carbonyl (C=O) groups excluding carboxylic acids is 2. The van der Waals surface area contributed by atoms with Gasteiger partial charge >= 0.3 is 5.97 Å². The Hall–Kier alpha value is -2.28. The zero-order valence-electron chi connectivity index (χ0n) is 12.7. The molecule has 0 bridgehead atoms. The summed E-state index contributed by atoms with van der Waals surface area (Å²) in [5, 5.41) is 6.64. The fourth-order valence-electron chi connectivity index (χ4n) is 2.40. The standard InChI is InChI=1S/C16H17N3O3S/c1-11-7-9-19(13-4-2-3-5-14(13)23-11)15(20)10-22-16(21)12-6-8-17-18-12/h2-6,8,11H,7,9-10H2,1H3,(H,17,18). The van der Waals surface area contributed by atoms with E-state index in [0.29, 0.717) is 11.8 Å². The van der Waals surface area contributed by atoms with Crippen molar-refractivity contribution in [3.05, 3.63) is 42.2 Å². The maximum absolute atomic E-state index is 12.5. The minimum absolute atomic E-state index is 0.222. The van der Waals surface area contributed by atoms with Gasteiger partial charge in [-0.1, -0.05) is 19.1 Å². The van der Waals surface area contributed by atoms with Crippen molar-refractivity contribution in [2.24, 2.45) is 0 Å². The van der Waals surface area contributed by atoms with E-state index in [9.17, 15) is 9.59 Å². The number of thioether (sulfide) groups is 1. The van der Waals surface area contributed by atoms with Crippen LogP contribution in [0, 0.1) is 0 Å². The highest BCUT2D eigenvalue weighted by Gasteiger charge is 2.25. The fraction of sp³-hybridized carbons (Fsp3) is 0.312. The summed E-state index contributed by atoms with van der Waals surface area (Å²) in [4.78, 5) is 27.1. The number of para-hydroxylation sites is 1. The third-order valence-electron chi connectivity index (χ3n) is 3.59. The maximum Gasteiger partial charge on any atom is 0.356 e. The first-order valence-corrected chi connectivity index (χ1v) is 8.25. The Morgan fingerprint density at radius 3 is 3.00 bits per heavy atom. The van der Waals surface area contributed by atoms with Gasteiger partial charge in [0.1, 0.15) is 5.69 Å². The summed E-state index contributed by atoms with van der Waals surface area (Å²) in [7, 11) is 0. The zero-order chi connectivity index (χ0) is 16.2. The Balaban J connectivity index is 1.70. The molecule has 0 saturated carbocycles. The molecule has 7 heteroatoms. The summed E-state index contributed by atoms with van der Waals surface area (Å²) in [6.45, 7) is 2.48. The largest absolute Gasteiger partial charge is 0.451 e. The van der Waals surface area contributed by atoms with E-state index in [0.717, 1.165) is 17.0 Å². The zero-order valence-corrected chi connectivity index (χ0v) is 13.5. The first kappa shape index (κ1) is 15.6. The maximum atomic E-state index is 12.5. The van der Waals surface area contributed by atoms with Crippen molar-refractivity contribution < 1.29 is 14.3 Å². The monoisotopic (exact) mass is 331 g/mol. The normalized spacial score (nSPS) is 17.3. The van der Waals surface area contributed by atoms with Crippen LogP contribution >= 0.6 is 11.8 Å². The number of aromatic amines is 1. The lowest BCUT2D eigenvalue weighted by Crippen LogP contribution is -2.35. The first-order valence-electron chi connectivity index (χ1n) is 7.37. The van der Waals surface area contributed by atoms with E-state index in [2.05, 4.69) is 17.1 Å². The van der Waals surface area contributed by atoms with Gasteiger partial charge in [0.25, 0.3) is 5.91 Å². The van der Waals surface area contributed by atoms with Gasteiger partial charge in [0.2, 0.25) is 0 Å². The van der Waals surface area contributed by atoms with Crippen LogP contribution in [0.1, 0.15) is 23.8 Å². The van der Waals surface area contributed by atoms with Gasteiger partial charge in [0.15, 0.2) is 6.61 Å². The third-order valence-corrected chi connectivity index (χ3v) is 4.83. The van der Waals surface area contributed by atoms with E-state index in [1.807, 2.05) is 24.3 Å². The highest BCUT2D eigenvalue weighted by atomic mass is 32.2. The van der Waals surface area contributed by atoms with Crippen molar-refractivity contribution in [1.29, 1.82) is 0 Å². The molecule has 0 radical (unpaired) electrons. The predicted molar refractivity (Wildman–Crippen MR) is 87.6 cm³/mol. The van der Waals surface area contributed by atoms with Crippen LogP contribution in [-0.2, 0) is 9.53 Å². The summed E-state index contributed by atoms with van der Waals surface area (Å²) in [5.74, 6) is -0.804. The van der Waals surface area contributed by atoms with Crippen LogP contribution in [0.15, 0.2) is 41.4 Å². The number of carbonyl (C=O) groups is 2. The van der Waals surface area contributed by atoms with E-state index < -0.39 is 5.97 Å². The molecule has 1 aliphatic rings. The molecule has 1 amide bonds. The molecule has 23 heavy (non-hydrogen) atoms. The molecule has 1 N–H and O–H groups in total. The van der Waals surface area contributed by atoms with Gasteiger partial charge < -0.3 is 9.64 Å². The Labute approximate surface area is 138 Å². The number of ether oxygens (including phenoxy) is 1. The number of esters is 1. The fourth-order valence-corrected chi connectivity index (χ4v) is 3.51. The molecule has 1 aromatic carbocycles. The highest BCUT2D eigenvalue weighted by Crippen LogP contribution is 2.37. The summed E-state index contributed by atoms with van der Waals surface area (Å²) in [6.07, 6.45) is 2.35. The Bertz CT molecular complexity index is 702. The number of fused-ring (bicyclic) bond motifs is 1. The predicted octanol–water partition coefficient (Wildman–Crippen LogP) is 2.48. The molecule has 3 rings (SSSR count). The van der Waals surface area contributed by atoms with Gasteiger partial charge in [-0.05, 0) is 24.6 Å². The number of rotatable bonds is 3. The Kier molecular flexibility index (Phi) is 4.66. The molecule has 2 aromatic rings. The summed E-state index contributed by atoms with van der Waals surface area (Å²) >= 11 is 1.76. The van der Waals surface area contributed by atoms with Crippen LogP contribution in [0.2, 0.25) is 0 Å². The average Bonchev–Trinajstić information content (AvgIpc) is 3.03. The number of nitrogens with zero attached hydrogens (tertiary/aromatic N) is 2. The van der Waals surface area contributed by atoms with Gasteiger partial charge in [-0.2, -0.15) is 5.10 Å². The molecule has 0 fully saturated rings. The van der Waals surface area contributed by atoms with Crippen molar-refractivity contribution in [3.8, 4) is 0 Å². The van der Waals surface area contributed by atoms with Gasteiger partial charge in [0.05, 0.1) is 5.69 Å². The molecular formula is C16H17N3O3S. The topological polar surface area (TPSA) is 75.3 Å². The van der Waals surface area contributed by atoms with Gasteiger partial charge in [0, 0.05) is 22.9 Å². The van der Waals surface area contributed by atoms with E-state index in [1.54, 1.807) is 16.7 Å². The average molecular weight is 331 g/mol. The first-order chi connectivity index (χ1) is 11.1. The van der Waals surface area contributed by atoms with Crippen LogP contribution in [0.3, 0.4) is 0 Å². The minimum atomic E-state index is -0.582. The molecule has 120 valence electrons. The molecule has 1 atom stereocenters. The molecule has 1 unspecified atom stereocenters. The molecule has 2 heterocycles. The van der Waals surface area contributed by atoms with Crippen molar-refractivity contribution >= 4 is 29.3 Å². The van der Waals surface area contributed by atoms with E-state index in [1.165, 1.54) is 12.3 Å². The second-order valence-electron chi connectivity index (χ2n) is 5.28. The molecule has 6 nitrogen and oxygen atoms in total. The lowest BCUT2D eigenvalue weighted by Gasteiger charge is -2.22. The van der Waals surface area contributed by atoms with E-state index in [-0.39, 0.29) is 18.2 Å². The lowest BCUT2D eigenvalue weighted by atomic mass is 10.2. The number of amides is 1. The number of benzene rings is 1.